The zero-order valence-electron chi connectivity index (χ0n) is 13.3. The molecule has 1 unspecified atom stereocenters. The molecule has 0 saturated carbocycles. The number of piperidine rings is 1. The Balaban J connectivity index is 1.84. The Morgan fingerprint density at radius 1 is 1.36 bits per heavy atom. The summed E-state index contributed by atoms with van der Waals surface area (Å²) < 4.78 is 6.65. The Morgan fingerprint density at radius 3 is 2.59 bits per heavy atom. The van der Waals surface area contributed by atoms with Gasteiger partial charge in [-0.05, 0) is 63.4 Å². The number of hydrogen-bond donors (Lipinski definition) is 2. The lowest BCUT2D eigenvalue weighted by Gasteiger charge is -2.35. The van der Waals surface area contributed by atoms with E-state index in [1.807, 2.05) is 12.1 Å². The molecule has 1 fully saturated rings. The maximum absolute atomic E-state index is 12.5. The average Bonchev–Trinajstić information content (AvgIpc) is 2.55. The predicted molar refractivity (Wildman–Crippen MR) is 91.9 cm³/mol. The molecule has 5 heteroatoms. The van der Waals surface area contributed by atoms with Gasteiger partial charge in [0.05, 0.1) is 0 Å². The van der Waals surface area contributed by atoms with E-state index in [0.717, 1.165) is 43.2 Å². The summed E-state index contributed by atoms with van der Waals surface area (Å²) in [4.78, 5) is 12.5. The largest absolute Gasteiger partial charge is 0.368 e. The third kappa shape index (κ3) is 4.54. The third-order valence-corrected chi connectivity index (χ3v) is 4.90. The number of nitrogens with one attached hydrogen (secondary N) is 2. The predicted octanol–water partition coefficient (Wildman–Crippen LogP) is 2.66. The van der Waals surface area contributed by atoms with Gasteiger partial charge in [-0.2, -0.15) is 0 Å². The molecular formula is C17H25BrN2O2. The fraction of sp³-hybridized carbons (Fsp3) is 0.588. The molecule has 0 aromatic heterocycles. The number of halogens is 1. The number of aryl methyl sites for hydroxylation is 1. The van der Waals surface area contributed by atoms with E-state index in [1.165, 1.54) is 5.56 Å². The van der Waals surface area contributed by atoms with E-state index in [2.05, 4.69) is 45.6 Å². The lowest BCUT2D eigenvalue weighted by atomic mass is 9.90. The maximum Gasteiger partial charge on any atom is 0.252 e. The van der Waals surface area contributed by atoms with Crippen molar-refractivity contribution >= 4 is 21.8 Å². The first-order valence-electron chi connectivity index (χ1n) is 7.87. The third-order valence-electron chi connectivity index (χ3n) is 4.37. The number of hydrogen-bond acceptors (Lipinski definition) is 3. The topological polar surface area (TPSA) is 50.4 Å². The van der Waals surface area contributed by atoms with Crippen molar-refractivity contribution < 1.29 is 9.53 Å². The molecule has 1 aliphatic heterocycles. The van der Waals surface area contributed by atoms with Crippen LogP contribution in [-0.4, -0.2) is 37.7 Å². The molecule has 1 aliphatic rings. The number of ether oxygens (including phenoxy) is 1. The van der Waals surface area contributed by atoms with Crippen LogP contribution in [0.15, 0.2) is 28.7 Å². The summed E-state index contributed by atoms with van der Waals surface area (Å²) in [6.45, 7) is 3.71. The van der Waals surface area contributed by atoms with E-state index in [9.17, 15) is 4.79 Å². The van der Waals surface area contributed by atoms with Gasteiger partial charge < -0.3 is 15.4 Å². The van der Waals surface area contributed by atoms with Gasteiger partial charge in [-0.15, -0.1) is 0 Å². The molecule has 1 heterocycles. The van der Waals surface area contributed by atoms with Crippen LogP contribution in [0, 0.1) is 0 Å². The molecule has 122 valence electrons. The minimum atomic E-state index is -0.656. The molecule has 0 radical (unpaired) electrons. The molecular weight excluding hydrogens is 344 g/mol. The van der Waals surface area contributed by atoms with Crippen molar-refractivity contribution in [2.45, 2.75) is 44.2 Å². The Bertz CT molecular complexity index is 484. The molecule has 22 heavy (non-hydrogen) atoms. The van der Waals surface area contributed by atoms with E-state index in [0.29, 0.717) is 0 Å². The normalized spacial score (nSPS) is 18.7. The Labute approximate surface area is 141 Å². The van der Waals surface area contributed by atoms with Crippen LogP contribution in [-0.2, 0) is 16.0 Å². The van der Waals surface area contributed by atoms with Gasteiger partial charge in [0.25, 0.3) is 5.91 Å². The first kappa shape index (κ1) is 17.4. The Morgan fingerprint density at radius 2 is 2.00 bits per heavy atom. The van der Waals surface area contributed by atoms with Crippen molar-refractivity contribution in [2.75, 3.05) is 20.2 Å². The summed E-state index contributed by atoms with van der Waals surface area (Å²) in [7, 11) is 1.64. The molecule has 0 aliphatic carbocycles. The van der Waals surface area contributed by atoms with Crippen molar-refractivity contribution in [3.63, 3.8) is 0 Å². The molecule has 4 nitrogen and oxygen atoms in total. The fourth-order valence-electron chi connectivity index (χ4n) is 2.82. The highest BCUT2D eigenvalue weighted by atomic mass is 79.9. The van der Waals surface area contributed by atoms with Crippen LogP contribution >= 0.6 is 15.9 Å². The second-order valence-electron chi connectivity index (χ2n) is 5.99. The Hall–Kier alpha value is -0.910. The van der Waals surface area contributed by atoms with E-state index < -0.39 is 5.60 Å². The van der Waals surface area contributed by atoms with Crippen LogP contribution in [0.2, 0.25) is 0 Å². The minimum absolute atomic E-state index is 0.0276. The van der Waals surface area contributed by atoms with Crippen LogP contribution in [0.1, 0.15) is 31.7 Å². The SMILES string of the molecule is COC1(C(=O)NC(C)CCc2ccc(Br)cc2)CCNCC1. The van der Waals surface area contributed by atoms with E-state index in [4.69, 9.17) is 4.74 Å². The smallest absolute Gasteiger partial charge is 0.252 e. The highest BCUT2D eigenvalue weighted by molar-refractivity contribution is 9.10. The number of rotatable bonds is 6. The Kier molecular flexibility index (Phi) is 6.41. The number of methoxy groups -OCH3 is 1. The van der Waals surface area contributed by atoms with Gasteiger partial charge in [-0.1, -0.05) is 28.1 Å². The maximum atomic E-state index is 12.5. The summed E-state index contributed by atoms with van der Waals surface area (Å²) in [5.41, 5.74) is 0.629. The van der Waals surface area contributed by atoms with Gasteiger partial charge in [0.2, 0.25) is 0 Å². The van der Waals surface area contributed by atoms with Crippen LogP contribution < -0.4 is 10.6 Å². The van der Waals surface area contributed by atoms with Gasteiger partial charge in [0.1, 0.15) is 5.60 Å². The van der Waals surface area contributed by atoms with Crippen LogP contribution in [0.5, 0.6) is 0 Å². The summed E-state index contributed by atoms with van der Waals surface area (Å²) in [6.07, 6.45) is 3.34. The summed E-state index contributed by atoms with van der Waals surface area (Å²) in [6, 6.07) is 8.46. The monoisotopic (exact) mass is 368 g/mol. The molecule has 0 bridgehead atoms. The molecule has 1 amide bonds. The van der Waals surface area contributed by atoms with E-state index in [1.54, 1.807) is 7.11 Å². The average molecular weight is 369 g/mol. The number of benzene rings is 1. The van der Waals surface area contributed by atoms with Crippen molar-refractivity contribution in [3.05, 3.63) is 34.3 Å². The molecule has 1 aromatic carbocycles. The highest BCUT2D eigenvalue weighted by Crippen LogP contribution is 2.23. The van der Waals surface area contributed by atoms with Crippen LogP contribution in [0.25, 0.3) is 0 Å². The lowest BCUT2D eigenvalue weighted by Crippen LogP contribution is -2.55. The zero-order valence-corrected chi connectivity index (χ0v) is 14.9. The standard InChI is InChI=1S/C17H25BrN2O2/c1-13(3-4-14-5-7-15(18)8-6-14)20-16(21)17(22-2)9-11-19-12-10-17/h5-8,13,19H,3-4,9-12H2,1-2H3,(H,20,21). The van der Waals surface area contributed by atoms with Crippen molar-refractivity contribution in [1.82, 2.24) is 10.6 Å². The first-order valence-corrected chi connectivity index (χ1v) is 8.66. The molecule has 1 saturated heterocycles. The van der Waals surface area contributed by atoms with E-state index >= 15 is 0 Å². The second-order valence-corrected chi connectivity index (χ2v) is 6.90. The van der Waals surface area contributed by atoms with Gasteiger partial charge in [0.15, 0.2) is 0 Å². The molecule has 1 aromatic rings. The first-order chi connectivity index (χ1) is 10.6. The van der Waals surface area contributed by atoms with Crippen LogP contribution in [0.4, 0.5) is 0 Å². The summed E-state index contributed by atoms with van der Waals surface area (Å²) in [5.74, 6) is 0.0276. The summed E-state index contributed by atoms with van der Waals surface area (Å²) in [5, 5.41) is 6.39. The number of carbonyl (C=O) groups excluding carboxylic acids is 1. The van der Waals surface area contributed by atoms with Gasteiger partial charge >= 0.3 is 0 Å². The second kappa shape index (κ2) is 8.09. The quantitative estimate of drug-likeness (QED) is 0.811. The number of carbonyl (C=O) groups is 1. The van der Waals surface area contributed by atoms with Crippen molar-refractivity contribution in [1.29, 1.82) is 0 Å². The molecule has 1 atom stereocenters. The minimum Gasteiger partial charge on any atom is -0.368 e. The van der Waals surface area contributed by atoms with Crippen molar-refractivity contribution in [3.8, 4) is 0 Å². The summed E-state index contributed by atoms with van der Waals surface area (Å²) >= 11 is 3.44. The van der Waals surface area contributed by atoms with Crippen LogP contribution in [0.3, 0.4) is 0 Å². The number of amides is 1. The zero-order chi connectivity index (χ0) is 16.0. The van der Waals surface area contributed by atoms with Gasteiger partial charge in [0, 0.05) is 17.6 Å². The van der Waals surface area contributed by atoms with Crippen molar-refractivity contribution in [2.24, 2.45) is 0 Å². The van der Waals surface area contributed by atoms with Gasteiger partial charge in [-0.3, -0.25) is 4.79 Å². The van der Waals surface area contributed by atoms with E-state index in [-0.39, 0.29) is 11.9 Å². The molecule has 0 spiro atoms. The lowest BCUT2D eigenvalue weighted by molar-refractivity contribution is -0.147. The van der Waals surface area contributed by atoms with Gasteiger partial charge in [-0.25, -0.2) is 0 Å². The molecule has 2 N–H and O–H groups in total. The molecule has 2 rings (SSSR count). The fourth-order valence-corrected chi connectivity index (χ4v) is 3.08. The highest BCUT2D eigenvalue weighted by Gasteiger charge is 2.39.